The first-order valence-corrected chi connectivity index (χ1v) is 9.95. The van der Waals surface area contributed by atoms with Gasteiger partial charge < -0.3 is 10.2 Å². The zero-order valence-electron chi connectivity index (χ0n) is 17.3. The first kappa shape index (κ1) is 19.1. The Bertz CT molecular complexity index is 1040. The molecule has 0 saturated carbocycles. The van der Waals surface area contributed by atoms with E-state index in [1.54, 1.807) is 12.3 Å². The van der Waals surface area contributed by atoms with Crippen LogP contribution in [0, 0.1) is 0 Å². The number of carbonyl (C=O) groups excluding carboxylic acids is 1. The summed E-state index contributed by atoms with van der Waals surface area (Å²) in [4.78, 5) is 23.9. The van der Waals surface area contributed by atoms with E-state index in [1.807, 2.05) is 36.4 Å². The minimum Gasteiger partial charge on any atom is -0.321 e. The van der Waals surface area contributed by atoms with Crippen molar-refractivity contribution in [2.24, 2.45) is 0 Å². The highest BCUT2D eigenvalue weighted by Crippen LogP contribution is 2.36. The van der Waals surface area contributed by atoms with E-state index in [0.29, 0.717) is 11.6 Å². The number of carbonyl (C=O) groups is 1. The van der Waals surface area contributed by atoms with Crippen LogP contribution in [0.2, 0.25) is 0 Å². The first-order valence-electron chi connectivity index (χ1n) is 9.95. The molecule has 2 heterocycles. The zero-order chi connectivity index (χ0) is 20.6. The van der Waals surface area contributed by atoms with Crippen LogP contribution in [0.4, 0.5) is 17.3 Å². The van der Waals surface area contributed by atoms with E-state index in [9.17, 15) is 4.79 Å². The molecule has 1 atom stereocenters. The van der Waals surface area contributed by atoms with Crippen LogP contribution in [0.5, 0.6) is 0 Å². The summed E-state index contributed by atoms with van der Waals surface area (Å²) in [6, 6.07) is 18.1. The van der Waals surface area contributed by atoms with Crippen LogP contribution < -0.4 is 10.2 Å². The second kappa shape index (κ2) is 7.32. The number of amides is 1. The Morgan fingerprint density at radius 2 is 1.79 bits per heavy atom. The van der Waals surface area contributed by atoms with Crippen molar-refractivity contribution in [1.82, 2.24) is 9.97 Å². The maximum atomic E-state index is 12.8. The molecule has 1 N–H and O–H groups in total. The number of para-hydroxylation sites is 1. The van der Waals surface area contributed by atoms with Gasteiger partial charge in [-0.25, -0.2) is 9.97 Å². The second-order valence-electron chi connectivity index (χ2n) is 8.58. The lowest BCUT2D eigenvalue weighted by Crippen LogP contribution is -2.26. The van der Waals surface area contributed by atoms with Gasteiger partial charge in [0.1, 0.15) is 5.69 Å². The van der Waals surface area contributed by atoms with E-state index >= 15 is 0 Å². The number of nitrogens with one attached hydrogen (secondary N) is 1. The Morgan fingerprint density at radius 3 is 2.52 bits per heavy atom. The van der Waals surface area contributed by atoms with E-state index in [-0.39, 0.29) is 17.4 Å². The summed E-state index contributed by atoms with van der Waals surface area (Å²) in [6.45, 7) is 8.65. The van der Waals surface area contributed by atoms with E-state index in [1.165, 1.54) is 11.1 Å². The van der Waals surface area contributed by atoms with Gasteiger partial charge in [-0.15, -0.1) is 0 Å². The molecule has 1 aliphatic rings. The van der Waals surface area contributed by atoms with Crippen LogP contribution in [0.3, 0.4) is 0 Å². The Balaban J connectivity index is 1.55. The molecule has 1 unspecified atom stereocenters. The minimum absolute atomic E-state index is 0.0762. The molecule has 5 heteroatoms. The van der Waals surface area contributed by atoms with Crippen LogP contribution in [-0.4, -0.2) is 21.9 Å². The summed E-state index contributed by atoms with van der Waals surface area (Å²) in [6.07, 6.45) is 2.59. The SMILES string of the molecule is CC1Cc2ccccc2N1c1nccc(C(=O)Nc2ccc(C(C)(C)C)cc2)n1. The van der Waals surface area contributed by atoms with Gasteiger partial charge in [0.15, 0.2) is 0 Å². The quantitative estimate of drug-likeness (QED) is 0.680. The lowest BCUT2D eigenvalue weighted by atomic mass is 9.87. The lowest BCUT2D eigenvalue weighted by molar-refractivity contribution is 0.102. The fourth-order valence-corrected chi connectivity index (χ4v) is 3.71. The smallest absolute Gasteiger partial charge is 0.274 e. The summed E-state index contributed by atoms with van der Waals surface area (Å²) in [5.74, 6) is 0.315. The molecule has 2 aromatic carbocycles. The fraction of sp³-hybridized carbons (Fsp3) is 0.292. The molecule has 0 saturated heterocycles. The molecular formula is C24H26N4O. The molecule has 0 bridgehead atoms. The summed E-state index contributed by atoms with van der Waals surface area (Å²) >= 11 is 0. The van der Waals surface area contributed by atoms with Crippen molar-refractivity contribution in [3.63, 3.8) is 0 Å². The molecule has 148 valence electrons. The molecule has 0 fully saturated rings. The van der Waals surface area contributed by atoms with Crippen LogP contribution in [0.15, 0.2) is 60.8 Å². The van der Waals surface area contributed by atoms with Gasteiger partial charge >= 0.3 is 0 Å². The monoisotopic (exact) mass is 386 g/mol. The van der Waals surface area contributed by atoms with Crippen molar-refractivity contribution >= 4 is 23.2 Å². The summed E-state index contributed by atoms with van der Waals surface area (Å²) < 4.78 is 0. The van der Waals surface area contributed by atoms with E-state index in [2.05, 4.69) is 60.0 Å². The molecule has 3 aromatic rings. The number of hydrogen-bond acceptors (Lipinski definition) is 4. The molecule has 1 amide bonds. The van der Waals surface area contributed by atoms with Gasteiger partial charge in [-0.2, -0.15) is 0 Å². The summed E-state index contributed by atoms with van der Waals surface area (Å²) in [7, 11) is 0. The number of aromatic nitrogens is 2. The topological polar surface area (TPSA) is 58.1 Å². The number of anilines is 3. The second-order valence-corrected chi connectivity index (χ2v) is 8.58. The molecule has 0 spiro atoms. The minimum atomic E-state index is -0.239. The lowest BCUT2D eigenvalue weighted by Gasteiger charge is -2.22. The molecule has 4 rings (SSSR count). The van der Waals surface area contributed by atoms with Gasteiger partial charge in [-0.3, -0.25) is 4.79 Å². The maximum absolute atomic E-state index is 12.8. The predicted molar refractivity (Wildman–Crippen MR) is 117 cm³/mol. The van der Waals surface area contributed by atoms with Gasteiger partial charge in [-0.1, -0.05) is 51.1 Å². The number of rotatable bonds is 3. The van der Waals surface area contributed by atoms with E-state index < -0.39 is 0 Å². The predicted octanol–water partition coefficient (Wildman–Crippen LogP) is 5.11. The van der Waals surface area contributed by atoms with Crippen LogP contribution in [0.25, 0.3) is 0 Å². The van der Waals surface area contributed by atoms with Crippen LogP contribution in [-0.2, 0) is 11.8 Å². The largest absolute Gasteiger partial charge is 0.321 e. The van der Waals surface area contributed by atoms with Gasteiger partial charge in [0.25, 0.3) is 5.91 Å². The van der Waals surface area contributed by atoms with Crippen molar-refractivity contribution in [1.29, 1.82) is 0 Å². The molecule has 0 radical (unpaired) electrons. The van der Waals surface area contributed by atoms with Crippen molar-refractivity contribution in [2.45, 2.75) is 45.6 Å². The number of benzene rings is 2. The third-order valence-corrected chi connectivity index (χ3v) is 5.31. The molecule has 1 aromatic heterocycles. The Hall–Kier alpha value is -3.21. The first-order chi connectivity index (χ1) is 13.8. The van der Waals surface area contributed by atoms with Gasteiger partial charge in [0, 0.05) is 23.6 Å². The highest BCUT2D eigenvalue weighted by Gasteiger charge is 2.29. The van der Waals surface area contributed by atoms with Gasteiger partial charge in [0.05, 0.1) is 0 Å². The number of hydrogen-bond donors (Lipinski definition) is 1. The third kappa shape index (κ3) is 3.86. The average molecular weight is 386 g/mol. The van der Waals surface area contributed by atoms with Crippen molar-refractivity contribution < 1.29 is 4.79 Å². The fourth-order valence-electron chi connectivity index (χ4n) is 3.71. The third-order valence-electron chi connectivity index (χ3n) is 5.31. The molecular weight excluding hydrogens is 360 g/mol. The van der Waals surface area contributed by atoms with Gasteiger partial charge in [-0.05, 0) is 54.2 Å². The van der Waals surface area contributed by atoms with Crippen molar-refractivity contribution in [2.75, 3.05) is 10.2 Å². The number of nitrogens with zero attached hydrogens (tertiary/aromatic N) is 3. The molecule has 1 aliphatic heterocycles. The van der Waals surface area contributed by atoms with Crippen molar-refractivity contribution in [3.05, 3.63) is 77.6 Å². The molecule has 29 heavy (non-hydrogen) atoms. The Morgan fingerprint density at radius 1 is 1.07 bits per heavy atom. The van der Waals surface area contributed by atoms with Crippen LogP contribution >= 0.6 is 0 Å². The summed E-state index contributed by atoms with van der Waals surface area (Å²) in [5.41, 5.74) is 4.79. The number of fused-ring (bicyclic) bond motifs is 1. The maximum Gasteiger partial charge on any atom is 0.274 e. The Kier molecular flexibility index (Phi) is 4.82. The summed E-state index contributed by atoms with van der Waals surface area (Å²) in [5, 5.41) is 2.94. The highest BCUT2D eigenvalue weighted by molar-refractivity contribution is 6.03. The zero-order valence-corrected chi connectivity index (χ0v) is 17.3. The molecule has 5 nitrogen and oxygen atoms in total. The highest BCUT2D eigenvalue weighted by atomic mass is 16.1. The molecule has 0 aliphatic carbocycles. The van der Waals surface area contributed by atoms with Gasteiger partial charge in [0.2, 0.25) is 5.95 Å². The Labute approximate surface area is 171 Å². The standard InChI is InChI=1S/C24H26N4O/c1-16-15-17-7-5-6-8-21(17)28(16)23-25-14-13-20(27-23)22(29)26-19-11-9-18(10-12-19)24(2,3)4/h5-14,16H,15H2,1-4H3,(H,26,29). The van der Waals surface area contributed by atoms with E-state index in [4.69, 9.17) is 0 Å². The average Bonchev–Trinajstić information content (AvgIpc) is 3.03. The van der Waals surface area contributed by atoms with Crippen molar-refractivity contribution in [3.8, 4) is 0 Å². The van der Waals surface area contributed by atoms with E-state index in [0.717, 1.165) is 17.8 Å². The normalized spacial score (nSPS) is 15.9. The van der Waals surface area contributed by atoms with Crippen LogP contribution in [0.1, 0.15) is 49.3 Å².